The highest BCUT2D eigenvalue weighted by Gasteiger charge is 2.23. The van der Waals surface area contributed by atoms with E-state index in [9.17, 15) is 0 Å². The molecule has 0 amide bonds. The van der Waals surface area contributed by atoms with Crippen molar-refractivity contribution in [2.45, 2.75) is 45.4 Å². The van der Waals surface area contributed by atoms with Crippen molar-refractivity contribution in [2.75, 3.05) is 0 Å². The Balaban J connectivity index is 2.35. The van der Waals surface area contributed by atoms with Gasteiger partial charge in [0.15, 0.2) is 0 Å². The van der Waals surface area contributed by atoms with Crippen molar-refractivity contribution in [3.8, 4) is 0 Å². The Morgan fingerprint density at radius 2 is 1.56 bits per heavy atom. The summed E-state index contributed by atoms with van der Waals surface area (Å²) >= 11 is 0. The molecule has 2 atom stereocenters. The molecular formula is C7H16N2. The van der Waals surface area contributed by atoms with Crippen LogP contribution >= 0.6 is 0 Å². The van der Waals surface area contributed by atoms with Crippen molar-refractivity contribution in [2.24, 2.45) is 0 Å². The quantitative estimate of drug-likeness (QED) is 0.543. The second kappa shape index (κ2) is 2.67. The van der Waals surface area contributed by atoms with Crippen molar-refractivity contribution in [1.29, 1.82) is 0 Å². The molecule has 0 aromatic rings. The summed E-state index contributed by atoms with van der Waals surface area (Å²) in [6, 6.07) is 1.27. The molecule has 1 rings (SSSR count). The summed E-state index contributed by atoms with van der Waals surface area (Å²) in [5.74, 6) is 0. The van der Waals surface area contributed by atoms with Crippen molar-refractivity contribution in [3.05, 3.63) is 0 Å². The molecule has 1 fully saturated rings. The maximum Gasteiger partial charge on any atom is 0.0574 e. The number of hydrogen-bond acceptors (Lipinski definition) is 2. The molecule has 0 spiro atoms. The van der Waals surface area contributed by atoms with E-state index in [1.54, 1.807) is 0 Å². The molecule has 2 unspecified atom stereocenters. The first kappa shape index (κ1) is 7.03. The van der Waals surface area contributed by atoms with Crippen molar-refractivity contribution >= 4 is 0 Å². The van der Waals surface area contributed by atoms with Crippen LogP contribution in [0.3, 0.4) is 0 Å². The van der Waals surface area contributed by atoms with Crippen molar-refractivity contribution in [3.63, 3.8) is 0 Å². The zero-order chi connectivity index (χ0) is 6.85. The molecule has 0 bridgehead atoms. The molecule has 2 N–H and O–H groups in total. The predicted octanol–water partition coefficient (Wildman–Crippen LogP) is 0.692. The van der Waals surface area contributed by atoms with Gasteiger partial charge in [-0.3, -0.25) is 10.6 Å². The molecule has 2 nitrogen and oxygen atoms in total. The molecule has 0 aliphatic carbocycles. The van der Waals surface area contributed by atoms with Crippen LogP contribution in [0.4, 0.5) is 0 Å². The Morgan fingerprint density at radius 3 is 1.78 bits per heavy atom. The van der Waals surface area contributed by atoms with Gasteiger partial charge in [0.1, 0.15) is 0 Å². The molecule has 1 saturated heterocycles. The standard InChI is InChI=1S/C7H16N2/c1-4-7-8-5(2)6(3)9-7/h5-9H,4H2,1-3H3. The number of rotatable bonds is 1. The molecule has 1 heterocycles. The van der Waals surface area contributed by atoms with Gasteiger partial charge in [-0.15, -0.1) is 0 Å². The third-order valence-electron chi connectivity index (χ3n) is 2.09. The van der Waals surface area contributed by atoms with Gasteiger partial charge >= 0.3 is 0 Å². The molecule has 1 aliphatic rings. The van der Waals surface area contributed by atoms with Crippen LogP contribution in [-0.4, -0.2) is 18.2 Å². The van der Waals surface area contributed by atoms with E-state index in [0.717, 1.165) is 0 Å². The fourth-order valence-electron chi connectivity index (χ4n) is 1.21. The van der Waals surface area contributed by atoms with Crippen LogP contribution in [0.25, 0.3) is 0 Å². The van der Waals surface area contributed by atoms with Gasteiger partial charge in [-0.2, -0.15) is 0 Å². The summed E-state index contributed by atoms with van der Waals surface area (Å²) in [5, 5.41) is 6.88. The molecule has 2 heteroatoms. The molecule has 0 saturated carbocycles. The third-order valence-corrected chi connectivity index (χ3v) is 2.09. The number of hydrogen-bond donors (Lipinski definition) is 2. The van der Waals surface area contributed by atoms with Crippen LogP contribution < -0.4 is 10.6 Å². The Bertz CT molecular complexity index is 82.9. The fourth-order valence-corrected chi connectivity index (χ4v) is 1.21. The van der Waals surface area contributed by atoms with Gasteiger partial charge in [0.25, 0.3) is 0 Å². The molecule has 54 valence electrons. The van der Waals surface area contributed by atoms with E-state index in [4.69, 9.17) is 0 Å². The Labute approximate surface area is 57.0 Å². The Hall–Kier alpha value is -0.0800. The number of nitrogens with one attached hydrogen (secondary N) is 2. The molecule has 0 aromatic carbocycles. The van der Waals surface area contributed by atoms with Crippen LogP contribution in [0.5, 0.6) is 0 Å². The largest absolute Gasteiger partial charge is 0.298 e. The first-order valence-electron chi connectivity index (χ1n) is 3.76. The second-order valence-corrected chi connectivity index (χ2v) is 2.87. The highest BCUT2D eigenvalue weighted by Crippen LogP contribution is 2.04. The third kappa shape index (κ3) is 1.43. The van der Waals surface area contributed by atoms with Gasteiger partial charge in [0.05, 0.1) is 6.17 Å². The minimum atomic E-state index is 0.551. The van der Waals surface area contributed by atoms with E-state index < -0.39 is 0 Å². The van der Waals surface area contributed by atoms with E-state index in [1.165, 1.54) is 6.42 Å². The predicted molar refractivity (Wildman–Crippen MR) is 39.3 cm³/mol. The van der Waals surface area contributed by atoms with Gasteiger partial charge in [-0.25, -0.2) is 0 Å². The smallest absolute Gasteiger partial charge is 0.0574 e. The summed E-state index contributed by atoms with van der Waals surface area (Å²) in [7, 11) is 0. The minimum Gasteiger partial charge on any atom is -0.298 e. The van der Waals surface area contributed by atoms with Crippen LogP contribution in [0.15, 0.2) is 0 Å². The molecule has 9 heavy (non-hydrogen) atoms. The SMILES string of the molecule is CCC1NC(C)C(C)N1. The maximum atomic E-state index is 3.44. The first-order chi connectivity index (χ1) is 4.24. The van der Waals surface area contributed by atoms with Crippen LogP contribution in [-0.2, 0) is 0 Å². The zero-order valence-electron chi connectivity index (χ0n) is 6.44. The fraction of sp³-hybridized carbons (Fsp3) is 1.00. The summed E-state index contributed by atoms with van der Waals surface area (Å²) in [5.41, 5.74) is 0. The van der Waals surface area contributed by atoms with E-state index in [-0.39, 0.29) is 0 Å². The van der Waals surface area contributed by atoms with Crippen LogP contribution in [0.2, 0.25) is 0 Å². The molecule has 0 aromatic heterocycles. The molecular weight excluding hydrogens is 112 g/mol. The lowest BCUT2D eigenvalue weighted by atomic mass is 10.2. The van der Waals surface area contributed by atoms with Gasteiger partial charge in [0, 0.05) is 12.1 Å². The van der Waals surface area contributed by atoms with Crippen molar-refractivity contribution in [1.82, 2.24) is 10.6 Å². The summed E-state index contributed by atoms with van der Waals surface area (Å²) in [6.07, 6.45) is 1.73. The van der Waals surface area contributed by atoms with Gasteiger partial charge < -0.3 is 0 Å². The normalized spacial score (nSPS) is 43.7. The van der Waals surface area contributed by atoms with Crippen LogP contribution in [0.1, 0.15) is 27.2 Å². The zero-order valence-corrected chi connectivity index (χ0v) is 6.44. The Morgan fingerprint density at radius 1 is 1.11 bits per heavy atom. The van der Waals surface area contributed by atoms with Gasteiger partial charge in [0.2, 0.25) is 0 Å². The average Bonchev–Trinajstić information content (AvgIpc) is 2.13. The van der Waals surface area contributed by atoms with Crippen LogP contribution in [0, 0.1) is 0 Å². The van der Waals surface area contributed by atoms with E-state index in [2.05, 4.69) is 31.4 Å². The summed E-state index contributed by atoms with van der Waals surface area (Å²) in [4.78, 5) is 0. The summed E-state index contributed by atoms with van der Waals surface area (Å²) in [6.45, 7) is 6.62. The first-order valence-corrected chi connectivity index (χ1v) is 3.76. The van der Waals surface area contributed by atoms with E-state index >= 15 is 0 Å². The molecule has 0 radical (unpaired) electrons. The topological polar surface area (TPSA) is 24.1 Å². The lowest BCUT2D eigenvalue weighted by molar-refractivity contribution is 0.513. The monoisotopic (exact) mass is 128 g/mol. The lowest BCUT2D eigenvalue weighted by Crippen LogP contribution is -2.31. The second-order valence-electron chi connectivity index (χ2n) is 2.87. The van der Waals surface area contributed by atoms with Crippen molar-refractivity contribution < 1.29 is 0 Å². The van der Waals surface area contributed by atoms with Gasteiger partial charge in [-0.05, 0) is 20.3 Å². The highest BCUT2D eigenvalue weighted by molar-refractivity contribution is 4.86. The summed E-state index contributed by atoms with van der Waals surface area (Å²) < 4.78 is 0. The molecule has 1 aliphatic heterocycles. The minimum absolute atomic E-state index is 0.551. The average molecular weight is 128 g/mol. The van der Waals surface area contributed by atoms with E-state index in [0.29, 0.717) is 18.2 Å². The lowest BCUT2D eigenvalue weighted by Gasteiger charge is -2.06. The van der Waals surface area contributed by atoms with Gasteiger partial charge in [-0.1, -0.05) is 6.92 Å². The maximum absolute atomic E-state index is 3.44. The highest BCUT2D eigenvalue weighted by atomic mass is 15.2. The van der Waals surface area contributed by atoms with E-state index in [1.807, 2.05) is 0 Å². The Kier molecular flexibility index (Phi) is 2.09.